The maximum absolute atomic E-state index is 6.21. The summed E-state index contributed by atoms with van der Waals surface area (Å²) in [6, 6.07) is 25.3. The molecule has 0 aliphatic heterocycles. The summed E-state index contributed by atoms with van der Waals surface area (Å²) in [5, 5.41) is 0. The molecule has 0 bridgehead atoms. The van der Waals surface area contributed by atoms with Gasteiger partial charge in [-0.2, -0.15) is 0 Å². The van der Waals surface area contributed by atoms with Gasteiger partial charge in [0.1, 0.15) is 5.84 Å². The van der Waals surface area contributed by atoms with E-state index in [9.17, 15) is 0 Å². The van der Waals surface area contributed by atoms with E-state index in [2.05, 4.69) is 41.8 Å². The first kappa shape index (κ1) is 17.6. The molecule has 124 valence electrons. The molecule has 0 fully saturated rings. The molecule has 3 nitrogen and oxygen atoms in total. The monoisotopic (exact) mass is 455 g/mol. The van der Waals surface area contributed by atoms with Crippen LogP contribution in [0.5, 0.6) is 0 Å². The number of nitrogens with two attached hydrogens (primary N) is 1. The lowest BCUT2D eigenvalue weighted by atomic mass is 10.2. The first-order chi connectivity index (χ1) is 12.1. The zero-order valence-corrected chi connectivity index (χ0v) is 16.4. The van der Waals surface area contributed by atoms with Crippen molar-refractivity contribution in [3.8, 4) is 0 Å². The third-order valence-corrected chi connectivity index (χ3v) is 4.52. The van der Waals surface area contributed by atoms with E-state index in [1.165, 1.54) is 0 Å². The van der Waals surface area contributed by atoms with Crippen LogP contribution in [0.15, 0.2) is 97.8 Å². The van der Waals surface area contributed by atoms with Crippen molar-refractivity contribution in [3.05, 3.63) is 98.9 Å². The van der Waals surface area contributed by atoms with Crippen LogP contribution in [0.1, 0.15) is 11.1 Å². The molecule has 0 aliphatic carbocycles. The van der Waals surface area contributed by atoms with Crippen molar-refractivity contribution in [2.45, 2.75) is 0 Å². The molecule has 0 radical (unpaired) electrons. The summed E-state index contributed by atoms with van der Waals surface area (Å²) in [4.78, 5) is 9.25. The van der Waals surface area contributed by atoms with Crippen LogP contribution >= 0.6 is 31.9 Å². The van der Waals surface area contributed by atoms with E-state index in [1.54, 1.807) is 0 Å². The zero-order valence-electron chi connectivity index (χ0n) is 13.2. The third kappa shape index (κ3) is 4.87. The van der Waals surface area contributed by atoms with Crippen LogP contribution in [0.3, 0.4) is 0 Å². The number of hydrogen-bond donors (Lipinski definition) is 1. The minimum absolute atomic E-state index is 0.421. The molecule has 0 saturated heterocycles. The Morgan fingerprint density at radius 1 is 0.680 bits per heavy atom. The number of rotatable bonds is 3. The molecule has 3 aromatic carbocycles. The van der Waals surface area contributed by atoms with Gasteiger partial charge in [0, 0.05) is 20.1 Å². The summed E-state index contributed by atoms with van der Waals surface area (Å²) in [6.07, 6.45) is 0. The van der Waals surface area contributed by atoms with Crippen molar-refractivity contribution in [2.24, 2.45) is 15.7 Å². The smallest absolute Gasteiger partial charge is 0.162 e. The van der Waals surface area contributed by atoms with Crippen LogP contribution in [0.25, 0.3) is 0 Å². The summed E-state index contributed by atoms with van der Waals surface area (Å²) in [5.41, 5.74) is 8.78. The molecule has 0 heterocycles. The SMILES string of the molecule is NC(=NC(=Nc1ccccc1)c1ccc(Br)cc1)c1ccc(Br)cc1. The van der Waals surface area contributed by atoms with Gasteiger partial charge in [0.25, 0.3) is 0 Å². The maximum atomic E-state index is 6.21. The van der Waals surface area contributed by atoms with Crippen LogP contribution in [0.4, 0.5) is 5.69 Å². The van der Waals surface area contributed by atoms with Gasteiger partial charge >= 0.3 is 0 Å². The lowest BCUT2D eigenvalue weighted by Crippen LogP contribution is -2.16. The highest BCUT2D eigenvalue weighted by molar-refractivity contribution is 9.10. The summed E-state index contributed by atoms with van der Waals surface area (Å²) in [7, 11) is 0. The molecule has 0 amide bonds. The number of nitrogens with zero attached hydrogens (tertiary/aromatic N) is 2. The first-order valence-corrected chi connectivity index (χ1v) is 9.20. The minimum atomic E-state index is 0.421. The Balaban J connectivity index is 2.04. The van der Waals surface area contributed by atoms with Crippen LogP contribution < -0.4 is 5.73 Å². The molecule has 25 heavy (non-hydrogen) atoms. The van der Waals surface area contributed by atoms with E-state index < -0.39 is 0 Å². The van der Waals surface area contributed by atoms with Gasteiger partial charge in [-0.1, -0.05) is 74.3 Å². The second-order valence-electron chi connectivity index (χ2n) is 5.28. The Hall–Kier alpha value is -2.24. The van der Waals surface area contributed by atoms with Crippen molar-refractivity contribution < 1.29 is 0 Å². The summed E-state index contributed by atoms with van der Waals surface area (Å²) < 4.78 is 2.00. The van der Waals surface area contributed by atoms with Crippen molar-refractivity contribution in [1.82, 2.24) is 0 Å². The third-order valence-electron chi connectivity index (χ3n) is 3.46. The highest BCUT2D eigenvalue weighted by Crippen LogP contribution is 2.17. The first-order valence-electron chi connectivity index (χ1n) is 7.61. The molecule has 0 spiro atoms. The average molecular weight is 457 g/mol. The molecule has 0 saturated carbocycles. The summed E-state index contributed by atoms with van der Waals surface area (Å²) in [6.45, 7) is 0. The van der Waals surface area contributed by atoms with Gasteiger partial charge in [0.05, 0.1) is 5.69 Å². The second-order valence-corrected chi connectivity index (χ2v) is 7.11. The summed E-state index contributed by atoms with van der Waals surface area (Å²) in [5.74, 6) is 0.990. The molecule has 0 atom stereocenters. The molecular weight excluding hydrogens is 442 g/mol. The Morgan fingerprint density at radius 2 is 1.20 bits per heavy atom. The molecule has 3 rings (SSSR count). The van der Waals surface area contributed by atoms with E-state index in [0.717, 1.165) is 25.8 Å². The van der Waals surface area contributed by atoms with Gasteiger partial charge in [-0.25, -0.2) is 9.98 Å². The minimum Gasteiger partial charge on any atom is -0.383 e. The Labute approximate surface area is 163 Å². The molecular formula is C20H15Br2N3. The van der Waals surface area contributed by atoms with Crippen molar-refractivity contribution >= 4 is 49.2 Å². The fraction of sp³-hybridized carbons (Fsp3) is 0. The fourth-order valence-corrected chi connectivity index (χ4v) is 2.71. The molecule has 0 aromatic heterocycles. The zero-order chi connectivity index (χ0) is 17.6. The number of halogens is 2. The van der Waals surface area contributed by atoms with Crippen LogP contribution in [-0.2, 0) is 0 Å². The van der Waals surface area contributed by atoms with Gasteiger partial charge in [0.2, 0.25) is 0 Å². The van der Waals surface area contributed by atoms with Gasteiger partial charge in [-0.3, -0.25) is 0 Å². The number of para-hydroxylation sites is 1. The number of hydrogen-bond acceptors (Lipinski definition) is 1. The van der Waals surface area contributed by atoms with Crippen LogP contribution in [0, 0.1) is 0 Å². The van der Waals surface area contributed by atoms with E-state index in [-0.39, 0.29) is 0 Å². The Kier molecular flexibility index (Phi) is 5.79. The van der Waals surface area contributed by atoms with Gasteiger partial charge in [-0.15, -0.1) is 0 Å². The predicted octanol–water partition coefficient (Wildman–Crippen LogP) is 5.70. The average Bonchev–Trinajstić information content (AvgIpc) is 2.63. The van der Waals surface area contributed by atoms with Crippen molar-refractivity contribution in [3.63, 3.8) is 0 Å². The highest BCUT2D eigenvalue weighted by Gasteiger charge is 2.06. The van der Waals surface area contributed by atoms with E-state index >= 15 is 0 Å². The van der Waals surface area contributed by atoms with Crippen molar-refractivity contribution in [2.75, 3.05) is 0 Å². The van der Waals surface area contributed by atoms with Crippen LogP contribution in [-0.4, -0.2) is 11.7 Å². The lowest BCUT2D eigenvalue weighted by molar-refractivity contribution is 1.42. The Morgan fingerprint density at radius 3 is 1.76 bits per heavy atom. The van der Waals surface area contributed by atoms with E-state index in [4.69, 9.17) is 5.73 Å². The quantitative estimate of drug-likeness (QED) is 0.399. The highest BCUT2D eigenvalue weighted by atomic mass is 79.9. The Bertz CT molecular complexity index is 900. The van der Waals surface area contributed by atoms with Gasteiger partial charge in [-0.05, 0) is 36.4 Å². The topological polar surface area (TPSA) is 50.7 Å². The normalized spacial score (nSPS) is 12.2. The summed E-state index contributed by atoms with van der Waals surface area (Å²) >= 11 is 6.88. The van der Waals surface area contributed by atoms with Crippen molar-refractivity contribution in [1.29, 1.82) is 0 Å². The van der Waals surface area contributed by atoms with Gasteiger partial charge in [0.15, 0.2) is 5.84 Å². The maximum Gasteiger partial charge on any atom is 0.162 e. The number of aliphatic imine (C=N–C) groups is 2. The number of amidine groups is 2. The van der Waals surface area contributed by atoms with Crippen LogP contribution in [0.2, 0.25) is 0 Å². The second kappa shape index (κ2) is 8.23. The molecule has 3 aromatic rings. The van der Waals surface area contributed by atoms with Gasteiger partial charge < -0.3 is 5.73 Å². The lowest BCUT2D eigenvalue weighted by Gasteiger charge is -2.06. The van der Waals surface area contributed by atoms with E-state index in [1.807, 2.05) is 78.9 Å². The number of benzene rings is 3. The largest absolute Gasteiger partial charge is 0.383 e. The molecule has 0 aliphatic rings. The molecule has 2 N–H and O–H groups in total. The van der Waals surface area contributed by atoms with E-state index in [0.29, 0.717) is 11.7 Å². The standard InChI is InChI=1S/C20H15Br2N3/c21-16-10-6-14(7-11-16)19(23)25-20(15-8-12-17(22)13-9-15)24-18-4-2-1-3-5-18/h1-13H,(H2,23,24,25). The molecule has 5 heteroatoms. The predicted molar refractivity (Wildman–Crippen MR) is 112 cm³/mol. The molecule has 0 unspecified atom stereocenters. The fourth-order valence-electron chi connectivity index (χ4n) is 2.18.